The molecule has 2 aromatic carbocycles. The molecule has 13 heteroatoms. The number of aromatic nitrogens is 1. The molecule has 45 heavy (non-hydrogen) atoms. The highest BCUT2D eigenvalue weighted by molar-refractivity contribution is 7.54. The third kappa shape index (κ3) is 9.23. The SMILES string of the molecule is CCCCOC(=O)N1CCN(C(=O)C(CP(=O)(OCC)OCC)NC(=O)c2nc(-c3ccccc3)sc2-c2ccccc2)CC1. The number of hydrogen-bond acceptors (Lipinski definition) is 9. The molecule has 3 amide bonds. The predicted octanol–water partition coefficient (Wildman–Crippen LogP) is 5.92. The molecule has 0 spiro atoms. The van der Waals surface area contributed by atoms with Crippen LogP contribution in [-0.2, 0) is 23.1 Å². The summed E-state index contributed by atoms with van der Waals surface area (Å²) in [5, 5.41) is 3.47. The molecule has 4 rings (SSSR count). The Bertz CT molecular complexity index is 1450. The van der Waals surface area contributed by atoms with Crippen LogP contribution in [0.15, 0.2) is 60.7 Å². The van der Waals surface area contributed by atoms with Gasteiger partial charge in [-0.1, -0.05) is 74.0 Å². The number of unbranched alkanes of at least 4 members (excludes halogenated alkanes) is 1. The highest BCUT2D eigenvalue weighted by atomic mass is 32.1. The molecule has 1 N–H and O–H groups in total. The van der Waals surface area contributed by atoms with E-state index in [2.05, 4.69) is 5.32 Å². The number of thiazole rings is 1. The first kappa shape index (κ1) is 34.3. The van der Waals surface area contributed by atoms with Gasteiger partial charge in [-0.05, 0) is 25.8 Å². The van der Waals surface area contributed by atoms with Crippen molar-refractivity contribution in [3.8, 4) is 21.0 Å². The van der Waals surface area contributed by atoms with E-state index in [1.807, 2.05) is 67.6 Å². The van der Waals surface area contributed by atoms with Gasteiger partial charge < -0.3 is 28.9 Å². The molecule has 1 aromatic heterocycles. The van der Waals surface area contributed by atoms with E-state index < -0.39 is 31.5 Å². The summed E-state index contributed by atoms with van der Waals surface area (Å²) in [4.78, 5) is 48.8. The molecule has 1 saturated heterocycles. The monoisotopic (exact) mass is 656 g/mol. The fourth-order valence-corrected chi connectivity index (χ4v) is 7.70. The van der Waals surface area contributed by atoms with E-state index in [0.29, 0.717) is 16.5 Å². The zero-order valence-corrected chi connectivity index (χ0v) is 27.7. The molecule has 3 aromatic rings. The van der Waals surface area contributed by atoms with E-state index in [4.69, 9.17) is 18.8 Å². The van der Waals surface area contributed by atoms with Crippen molar-refractivity contribution in [2.45, 2.75) is 39.7 Å². The first-order chi connectivity index (χ1) is 21.8. The highest BCUT2D eigenvalue weighted by Crippen LogP contribution is 2.48. The van der Waals surface area contributed by atoms with Crippen LogP contribution in [0, 0.1) is 0 Å². The van der Waals surface area contributed by atoms with Crippen molar-refractivity contribution in [2.24, 2.45) is 0 Å². The number of carbonyl (C=O) groups excluding carboxylic acids is 3. The van der Waals surface area contributed by atoms with Gasteiger partial charge in [-0.2, -0.15) is 0 Å². The summed E-state index contributed by atoms with van der Waals surface area (Å²) in [5.41, 5.74) is 1.82. The summed E-state index contributed by atoms with van der Waals surface area (Å²) in [5.74, 6) is -1.02. The number of rotatable bonds is 14. The lowest BCUT2D eigenvalue weighted by molar-refractivity contribution is -0.134. The standard InChI is InChI=1S/C32H41N4O7PS/c1-4-7-22-41-32(39)36-20-18-35(19-21-36)31(38)26(23-44(40,42-5-2)43-6-3)33-29(37)27-28(24-14-10-8-11-15-24)45-30(34-27)25-16-12-9-13-17-25/h8-17,26H,4-7,18-23H2,1-3H3,(H,33,37). The van der Waals surface area contributed by atoms with Gasteiger partial charge in [0.1, 0.15) is 16.7 Å². The second kappa shape index (κ2) is 16.7. The molecule has 0 saturated carbocycles. The average molecular weight is 657 g/mol. The predicted molar refractivity (Wildman–Crippen MR) is 174 cm³/mol. The minimum atomic E-state index is -3.75. The Hall–Kier alpha value is -3.57. The van der Waals surface area contributed by atoms with Crippen molar-refractivity contribution in [2.75, 3.05) is 52.2 Å². The number of amides is 3. The quantitative estimate of drug-likeness (QED) is 0.167. The van der Waals surface area contributed by atoms with Gasteiger partial charge in [0.2, 0.25) is 5.91 Å². The van der Waals surface area contributed by atoms with Crippen molar-refractivity contribution in [3.05, 3.63) is 66.4 Å². The fourth-order valence-electron chi connectivity index (χ4n) is 4.86. The van der Waals surface area contributed by atoms with Crippen LogP contribution in [0.25, 0.3) is 21.0 Å². The van der Waals surface area contributed by atoms with Crippen LogP contribution in [0.4, 0.5) is 4.79 Å². The summed E-state index contributed by atoms with van der Waals surface area (Å²) in [6.07, 6.45) is 0.929. The third-order valence-corrected chi connectivity index (χ3v) is 10.4. The van der Waals surface area contributed by atoms with E-state index in [1.165, 1.54) is 11.3 Å². The van der Waals surface area contributed by atoms with Crippen molar-refractivity contribution < 1.29 is 32.7 Å². The maximum atomic E-state index is 14.0. The highest BCUT2D eigenvalue weighted by Gasteiger charge is 2.38. The van der Waals surface area contributed by atoms with Crippen LogP contribution in [0.2, 0.25) is 0 Å². The number of piperazine rings is 1. The van der Waals surface area contributed by atoms with Gasteiger partial charge in [0, 0.05) is 31.7 Å². The maximum absolute atomic E-state index is 14.0. The normalized spacial score (nSPS) is 14.2. The summed E-state index contributed by atoms with van der Waals surface area (Å²) in [6, 6.07) is 17.8. The number of nitrogens with zero attached hydrogens (tertiary/aromatic N) is 3. The molecule has 1 fully saturated rings. The molecule has 1 aliphatic rings. The minimum Gasteiger partial charge on any atom is -0.449 e. The molecule has 0 aliphatic carbocycles. The molecular formula is C32H41N4O7PS. The van der Waals surface area contributed by atoms with Crippen LogP contribution < -0.4 is 5.32 Å². The van der Waals surface area contributed by atoms with Gasteiger partial charge >= 0.3 is 13.7 Å². The Morgan fingerprint density at radius 3 is 2.04 bits per heavy atom. The Morgan fingerprint density at radius 2 is 1.47 bits per heavy atom. The molecular weight excluding hydrogens is 615 g/mol. The summed E-state index contributed by atoms with van der Waals surface area (Å²) < 4.78 is 29.9. The van der Waals surface area contributed by atoms with Crippen molar-refractivity contribution in [3.63, 3.8) is 0 Å². The molecule has 0 radical (unpaired) electrons. The molecule has 1 aliphatic heterocycles. The molecule has 11 nitrogen and oxygen atoms in total. The van der Waals surface area contributed by atoms with Crippen LogP contribution in [0.5, 0.6) is 0 Å². The topological polar surface area (TPSA) is 127 Å². The lowest BCUT2D eigenvalue weighted by Gasteiger charge is -2.36. The van der Waals surface area contributed by atoms with E-state index in [-0.39, 0.29) is 51.2 Å². The Balaban J connectivity index is 1.59. The van der Waals surface area contributed by atoms with Gasteiger partial charge in [-0.3, -0.25) is 14.2 Å². The molecule has 0 bridgehead atoms. The van der Waals surface area contributed by atoms with Gasteiger partial charge in [0.05, 0.1) is 30.9 Å². The number of hydrogen-bond donors (Lipinski definition) is 1. The zero-order valence-electron chi connectivity index (χ0n) is 26.0. The van der Waals surface area contributed by atoms with Crippen molar-refractivity contribution >= 4 is 36.8 Å². The second-order valence-corrected chi connectivity index (χ2v) is 13.5. The Labute approximate surface area is 268 Å². The van der Waals surface area contributed by atoms with E-state index in [0.717, 1.165) is 24.0 Å². The van der Waals surface area contributed by atoms with Gasteiger partial charge in [-0.25, -0.2) is 9.78 Å². The van der Waals surface area contributed by atoms with Gasteiger partial charge in [0.15, 0.2) is 0 Å². The average Bonchev–Trinajstić information content (AvgIpc) is 3.51. The fraction of sp³-hybridized carbons (Fsp3) is 0.438. The first-order valence-electron chi connectivity index (χ1n) is 15.3. The van der Waals surface area contributed by atoms with E-state index >= 15 is 0 Å². The lowest BCUT2D eigenvalue weighted by Crippen LogP contribution is -2.57. The molecule has 242 valence electrons. The van der Waals surface area contributed by atoms with Gasteiger partial charge in [-0.15, -0.1) is 11.3 Å². The molecule has 2 heterocycles. The van der Waals surface area contributed by atoms with Crippen molar-refractivity contribution in [1.82, 2.24) is 20.1 Å². The lowest BCUT2D eigenvalue weighted by atomic mass is 10.1. The Kier molecular flexibility index (Phi) is 12.7. The van der Waals surface area contributed by atoms with Crippen molar-refractivity contribution in [1.29, 1.82) is 0 Å². The molecule has 1 unspecified atom stereocenters. The second-order valence-electron chi connectivity index (χ2n) is 10.4. The first-order valence-corrected chi connectivity index (χ1v) is 17.8. The number of nitrogens with one attached hydrogen (secondary N) is 1. The summed E-state index contributed by atoms with van der Waals surface area (Å²) in [6.45, 7) is 6.96. The van der Waals surface area contributed by atoms with Crippen LogP contribution in [0.3, 0.4) is 0 Å². The van der Waals surface area contributed by atoms with E-state index in [9.17, 15) is 18.9 Å². The summed E-state index contributed by atoms with van der Waals surface area (Å²) in [7, 11) is -3.75. The zero-order chi connectivity index (χ0) is 32.2. The van der Waals surface area contributed by atoms with Crippen LogP contribution in [0.1, 0.15) is 44.1 Å². The van der Waals surface area contributed by atoms with Crippen LogP contribution in [-0.4, -0.2) is 90.9 Å². The summed E-state index contributed by atoms with van der Waals surface area (Å²) >= 11 is 1.38. The van der Waals surface area contributed by atoms with Gasteiger partial charge in [0.25, 0.3) is 5.91 Å². The Morgan fingerprint density at radius 1 is 0.889 bits per heavy atom. The number of ether oxygens (including phenoxy) is 1. The van der Waals surface area contributed by atoms with E-state index in [1.54, 1.807) is 23.6 Å². The number of benzene rings is 2. The number of carbonyl (C=O) groups is 3. The molecule has 1 atom stereocenters. The maximum Gasteiger partial charge on any atom is 0.409 e. The van der Waals surface area contributed by atoms with Crippen LogP contribution >= 0.6 is 18.9 Å². The smallest absolute Gasteiger partial charge is 0.409 e. The minimum absolute atomic E-state index is 0.107. The largest absolute Gasteiger partial charge is 0.449 e. The third-order valence-electron chi connectivity index (χ3n) is 7.13.